The van der Waals surface area contributed by atoms with Crippen molar-refractivity contribution in [2.24, 2.45) is 0 Å². The lowest BCUT2D eigenvalue weighted by atomic mass is 10.1. The number of aryl methyl sites for hydroxylation is 1. The minimum absolute atomic E-state index is 0.0497. The molecule has 1 N–H and O–H groups in total. The van der Waals surface area contributed by atoms with Gasteiger partial charge in [0.15, 0.2) is 0 Å². The van der Waals surface area contributed by atoms with Gasteiger partial charge in [0, 0.05) is 18.7 Å². The van der Waals surface area contributed by atoms with E-state index < -0.39 is 0 Å². The summed E-state index contributed by atoms with van der Waals surface area (Å²) in [5, 5.41) is 3.99. The normalized spacial score (nSPS) is 15.0. The highest BCUT2D eigenvalue weighted by Gasteiger charge is 2.18. The van der Waals surface area contributed by atoms with Crippen LogP contribution in [0.3, 0.4) is 0 Å². The molecule has 0 aliphatic carbocycles. The van der Waals surface area contributed by atoms with Crippen LogP contribution < -0.4 is 5.43 Å². The highest BCUT2D eigenvalue weighted by molar-refractivity contribution is 5.95. The largest absolute Gasteiger partial charge is 0.378 e. The number of aromatic nitrogens is 3. The molecule has 1 aromatic heterocycles. The Kier molecular flexibility index (Phi) is 3.83. The third-order valence-corrected chi connectivity index (χ3v) is 3.43. The van der Waals surface area contributed by atoms with E-state index in [0.29, 0.717) is 31.9 Å². The van der Waals surface area contributed by atoms with Crippen LogP contribution in [0.1, 0.15) is 15.9 Å². The highest BCUT2D eigenvalue weighted by Crippen LogP contribution is 2.18. The Balaban J connectivity index is 1.75. The van der Waals surface area contributed by atoms with Gasteiger partial charge in [-0.1, -0.05) is 0 Å². The lowest BCUT2D eigenvalue weighted by molar-refractivity contribution is 0.0303. The Bertz CT molecular complexity index is 620. The number of hydrogen-bond acceptors (Lipinski definition) is 5. The van der Waals surface area contributed by atoms with Crippen molar-refractivity contribution in [3.8, 4) is 0 Å². The molecule has 110 valence electrons. The molecule has 0 radical (unpaired) electrons. The molecule has 1 aromatic carbocycles. The molecule has 7 heteroatoms. The molecule has 1 aliphatic heterocycles. The first kappa shape index (κ1) is 13.6. The average Bonchev–Trinajstić information content (AvgIpc) is 3.02. The Labute approximate surface area is 122 Å². The molecule has 0 atom stereocenters. The molecule has 0 bridgehead atoms. The summed E-state index contributed by atoms with van der Waals surface area (Å²) in [6.07, 6.45) is 3.03. The zero-order valence-electron chi connectivity index (χ0n) is 11.8. The number of morpholine rings is 1. The third-order valence-electron chi connectivity index (χ3n) is 3.43. The summed E-state index contributed by atoms with van der Waals surface area (Å²) < 4.78 is 5.27. The monoisotopic (exact) mass is 287 g/mol. The molecule has 2 heterocycles. The van der Waals surface area contributed by atoms with Crippen molar-refractivity contribution < 1.29 is 9.53 Å². The van der Waals surface area contributed by atoms with Gasteiger partial charge in [0.05, 0.1) is 18.9 Å². The predicted molar refractivity (Wildman–Crippen MR) is 76.9 cm³/mol. The van der Waals surface area contributed by atoms with Crippen LogP contribution in [0, 0.1) is 6.92 Å². The van der Waals surface area contributed by atoms with Crippen molar-refractivity contribution in [2.75, 3.05) is 31.7 Å². The van der Waals surface area contributed by atoms with E-state index in [0.717, 1.165) is 11.3 Å². The first-order valence-corrected chi connectivity index (χ1v) is 6.83. The summed E-state index contributed by atoms with van der Waals surface area (Å²) in [6.45, 7) is 4.47. The van der Waals surface area contributed by atoms with Crippen LogP contribution in [0.4, 0.5) is 5.69 Å². The van der Waals surface area contributed by atoms with E-state index in [4.69, 9.17) is 4.74 Å². The van der Waals surface area contributed by atoms with Gasteiger partial charge in [-0.25, -0.2) is 4.98 Å². The predicted octanol–water partition coefficient (Wildman–Crippen LogP) is 0.934. The number of carbonyl (C=O) groups excluding carboxylic acids is 1. The lowest BCUT2D eigenvalue weighted by Crippen LogP contribution is -2.40. The van der Waals surface area contributed by atoms with Crippen LogP contribution in [-0.4, -0.2) is 52.0 Å². The zero-order valence-corrected chi connectivity index (χ0v) is 11.8. The second-order valence-corrected chi connectivity index (χ2v) is 4.89. The Hall–Kier alpha value is -2.41. The molecule has 0 saturated carbocycles. The molecule has 0 unspecified atom stereocenters. The zero-order chi connectivity index (χ0) is 14.7. The number of amides is 1. The maximum atomic E-state index is 12.4. The highest BCUT2D eigenvalue weighted by atomic mass is 16.5. The molecule has 2 aromatic rings. The number of anilines is 1. The van der Waals surface area contributed by atoms with E-state index in [-0.39, 0.29) is 5.91 Å². The Morgan fingerprint density at radius 2 is 2.14 bits per heavy atom. The summed E-state index contributed by atoms with van der Waals surface area (Å²) in [5.41, 5.74) is 5.65. The van der Waals surface area contributed by atoms with E-state index in [1.54, 1.807) is 6.33 Å². The van der Waals surface area contributed by atoms with Crippen molar-refractivity contribution in [3.05, 3.63) is 42.0 Å². The van der Waals surface area contributed by atoms with E-state index in [1.807, 2.05) is 30.0 Å². The Morgan fingerprint density at radius 1 is 1.33 bits per heavy atom. The van der Waals surface area contributed by atoms with Crippen molar-refractivity contribution in [3.63, 3.8) is 0 Å². The summed E-state index contributed by atoms with van der Waals surface area (Å²) in [5.74, 6) is 0.0497. The van der Waals surface area contributed by atoms with E-state index in [9.17, 15) is 4.79 Å². The third kappa shape index (κ3) is 3.03. The van der Waals surface area contributed by atoms with Crippen LogP contribution >= 0.6 is 0 Å². The fraction of sp³-hybridized carbons (Fsp3) is 0.357. The number of carbonyl (C=O) groups is 1. The smallest absolute Gasteiger partial charge is 0.254 e. The second-order valence-electron chi connectivity index (χ2n) is 4.89. The summed E-state index contributed by atoms with van der Waals surface area (Å²) in [4.78, 5) is 19.6. The van der Waals surface area contributed by atoms with Crippen LogP contribution in [0.2, 0.25) is 0 Å². The maximum absolute atomic E-state index is 12.4. The van der Waals surface area contributed by atoms with E-state index in [2.05, 4.69) is 15.5 Å². The molecule has 0 spiro atoms. The van der Waals surface area contributed by atoms with Crippen molar-refractivity contribution in [1.29, 1.82) is 0 Å². The fourth-order valence-electron chi connectivity index (χ4n) is 2.26. The van der Waals surface area contributed by atoms with Crippen LogP contribution in [0.15, 0.2) is 30.9 Å². The molecular weight excluding hydrogens is 270 g/mol. The van der Waals surface area contributed by atoms with E-state index in [1.165, 1.54) is 11.1 Å². The van der Waals surface area contributed by atoms with Gasteiger partial charge in [0.25, 0.3) is 5.91 Å². The van der Waals surface area contributed by atoms with Gasteiger partial charge in [0.2, 0.25) is 0 Å². The topological polar surface area (TPSA) is 72.3 Å². The number of hydrogen-bond donors (Lipinski definition) is 1. The van der Waals surface area contributed by atoms with Gasteiger partial charge >= 0.3 is 0 Å². The minimum atomic E-state index is 0.0497. The molecule has 1 aliphatic rings. The van der Waals surface area contributed by atoms with E-state index >= 15 is 0 Å². The number of nitrogens with zero attached hydrogens (tertiary/aromatic N) is 4. The molecule has 7 nitrogen and oxygen atoms in total. The van der Waals surface area contributed by atoms with Crippen LogP contribution in [-0.2, 0) is 4.74 Å². The summed E-state index contributed by atoms with van der Waals surface area (Å²) >= 11 is 0. The average molecular weight is 287 g/mol. The van der Waals surface area contributed by atoms with Gasteiger partial charge in [-0.05, 0) is 30.7 Å². The molecular formula is C14H17N5O2. The first-order chi connectivity index (χ1) is 10.2. The number of nitrogens with one attached hydrogen (secondary N) is 1. The van der Waals surface area contributed by atoms with Gasteiger partial charge in [-0.2, -0.15) is 4.79 Å². The molecule has 21 heavy (non-hydrogen) atoms. The molecule has 1 fully saturated rings. The number of ether oxygens (including phenoxy) is 1. The van der Waals surface area contributed by atoms with Gasteiger partial charge < -0.3 is 9.64 Å². The molecule has 3 rings (SSSR count). The second kappa shape index (κ2) is 5.92. The molecule has 1 saturated heterocycles. The fourth-order valence-corrected chi connectivity index (χ4v) is 2.26. The van der Waals surface area contributed by atoms with Gasteiger partial charge in [-0.15, -0.1) is 5.10 Å². The van der Waals surface area contributed by atoms with Gasteiger partial charge in [-0.3, -0.25) is 10.2 Å². The SMILES string of the molecule is Cc1cc(C(=O)N2CCOCC2)ccc1Nn1cncn1. The molecule has 1 amide bonds. The lowest BCUT2D eigenvalue weighted by Gasteiger charge is -2.27. The maximum Gasteiger partial charge on any atom is 0.254 e. The number of benzene rings is 1. The van der Waals surface area contributed by atoms with Crippen molar-refractivity contribution >= 4 is 11.6 Å². The Morgan fingerprint density at radius 3 is 2.81 bits per heavy atom. The van der Waals surface area contributed by atoms with Crippen molar-refractivity contribution in [2.45, 2.75) is 6.92 Å². The van der Waals surface area contributed by atoms with Crippen molar-refractivity contribution in [1.82, 2.24) is 19.8 Å². The number of rotatable bonds is 3. The first-order valence-electron chi connectivity index (χ1n) is 6.83. The van der Waals surface area contributed by atoms with Crippen LogP contribution in [0.25, 0.3) is 0 Å². The van der Waals surface area contributed by atoms with Crippen LogP contribution in [0.5, 0.6) is 0 Å². The van der Waals surface area contributed by atoms with Gasteiger partial charge in [0.1, 0.15) is 12.7 Å². The standard InChI is InChI=1S/C14H17N5O2/c1-11-8-12(14(20)18-4-6-21-7-5-18)2-3-13(11)17-19-10-15-9-16-19/h2-3,8-10,17H,4-7H2,1H3. The summed E-state index contributed by atoms with van der Waals surface area (Å²) in [7, 11) is 0. The quantitative estimate of drug-likeness (QED) is 0.909. The minimum Gasteiger partial charge on any atom is -0.378 e. The summed E-state index contributed by atoms with van der Waals surface area (Å²) in [6, 6.07) is 5.59.